The average Bonchev–Trinajstić information content (AvgIpc) is 2.68. The van der Waals surface area contributed by atoms with Gasteiger partial charge in [-0.1, -0.05) is 65.2 Å². The summed E-state index contributed by atoms with van der Waals surface area (Å²) in [6.07, 6.45) is 12.9. The second-order valence-electron chi connectivity index (χ2n) is 6.99. The molecule has 0 amide bonds. The van der Waals surface area contributed by atoms with E-state index >= 15 is 0 Å². The van der Waals surface area contributed by atoms with Gasteiger partial charge in [0.15, 0.2) is 0 Å². The third kappa shape index (κ3) is 21.2. The van der Waals surface area contributed by atoms with Crippen molar-refractivity contribution in [3.05, 3.63) is 0 Å². The first kappa shape index (κ1) is 26.9. The molecular formula is C22H42O6. The number of hydrogen-bond acceptors (Lipinski definition) is 6. The summed E-state index contributed by atoms with van der Waals surface area (Å²) in [7, 11) is 0. The smallest absolute Gasteiger partial charge is 0.305 e. The largest absolute Gasteiger partial charge is 0.463 e. The maximum Gasteiger partial charge on any atom is 0.305 e. The normalized spacial score (nSPS) is 10.8. The summed E-state index contributed by atoms with van der Waals surface area (Å²) >= 11 is 0. The van der Waals surface area contributed by atoms with Gasteiger partial charge >= 0.3 is 11.9 Å². The van der Waals surface area contributed by atoms with Gasteiger partial charge in [-0.25, -0.2) is 0 Å². The summed E-state index contributed by atoms with van der Waals surface area (Å²) in [4.78, 5) is 22.7. The molecule has 0 heterocycles. The van der Waals surface area contributed by atoms with Crippen molar-refractivity contribution in [1.82, 2.24) is 0 Å². The monoisotopic (exact) mass is 402 g/mol. The standard InChI is InChI=1S/C22H42O6/c1-3-5-6-7-8-9-10-11-12-14-22(24)28-20-18-26-16-15-25-17-19-27-21(23)13-4-2/h3-20H2,1-2H3. The lowest BCUT2D eigenvalue weighted by atomic mass is 10.1. The molecule has 0 aromatic heterocycles. The summed E-state index contributed by atoms with van der Waals surface area (Å²) in [6, 6.07) is 0. The Balaban J connectivity index is 3.20. The molecule has 0 aromatic carbocycles. The van der Waals surface area contributed by atoms with Crippen molar-refractivity contribution in [1.29, 1.82) is 0 Å². The van der Waals surface area contributed by atoms with Gasteiger partial charge in [-0.2, -0.15) is 0 Å². The van der Waals surface area contributed by atoms with E-state index in [1.807, 2.05) is 6.92 Å². The second kappa shape index (κ2) is 22.2. The molecule has 0 aliphatic heterocycles. The predicted molar refractivity (Wildman–Crippen MR) is 110 cm³/mol. The topological polar surface area (TPSA) is 71.1 Å². The van der Waals surface area contributed by atoms with Crippen molar-refractivity contribution in [2.24, 2.45) is 0 Å². The summed E-state index contributed by atoms with van der Waals surface area (Å²) in [5.74, 6) is -0.330. The third-order valence-corrected chi connectivity index (χ3v) is 4.29. The van der Waals surface area contributed by atoms with E-state index in [-0.39, 0.29) is 25.2 Å². The maximum atomic E-state index is 11.6. The van der Waals surface area contributed by atoms with Crippen LogP contribution in [0.25, 0.3) is 0 Å². The average molecular weight is 403 g/mol. The van der Waals surface area contributed by atoms with Crippen LogP contribution in [0.4, 0.5) is 0 Å². The van der Waals surface area contributed by atoms with Gasteiger partial charge in [0.1, 0.15) is 13.2 Å². The van der Waals surface area contributed by atoms with Crippen LogP contribution in [0.3, 0.4) is 0 Å². The van der Waals surface area contributed by atoms with Crippen molar-refractivity contribution in [3.8, 4) is 0 Å². The Morgan fingerprint density at radius 3 is 1.43 bits per heavy atom. The SMILES string of the molecule is CCCCCCCCCCCC(=O)OCCOCCOCCOC(=O)CCC. The van der Waals surface area contributed by atoms with E-state index in [9.17, 15) is 9.59 Å². The van der Waals surface area contributed by atoms with Crippen LogP contribution in [0.5, 0.6) is 0 Å². The lowest BCUT2D eigenvalue weighted by Gasteiger charge is -2.07. The minimum atomic E-state index is -0.188. The van der Waals surface area contributed by atoms with Gasteiger partial charge in [-0.3, -0.25) is 9.59 Å². The molecule has 0 unspecified atom stereocenters. The molecule has 0 aromatic rings. The molecule has 28 heavy (non-hydrogen) atoms. The Labute approximate surface area is 171 Å². The zero-order valence-corrected chi connectivity index (χ0v) is 18.2. The van der Waals surface area contributed by atoms with Gasteiger partial charge < -0.3 is 18.9 Å². The van der Waals surface area contributed by atoms with E-state index in [2.05, 4.69) is 6.92 Å². The van der Waals surface area contributed by atoms with E-state index in [1.165, 1.54) is 44.9 Å². The molecule has 0 N–H and O–H groups in total. The van der Waals surface area contributed by atoms with Crippen LogP contribution >= 0.6 is 0 Å². The van der Waals surface area contributed by atoms with Crippen LogP contribution in [0.2, 0.25) is 0 Å². The Hall–Kier alpha value is -1.14. The van der Waals surface area contributed by atoms with E-state index in [1.54, 1.807) is 0 Å². The lowest BCUT2D eigenvalue weighted by molar-refractivity contribution is -0.147. The van der Waals surface area contributed by atoms with Crippen molar-refractivity contribution in [2.75, 3.05) is 39.6 Å². The molecule has 0 saturated heterocycles. The van der Waals surface area contributed by atoms with Crippen LogP contribution in [-0.2, 0) is 28.5 Å². The minimum absolute atomic E-state index is 0.142. The van der Waals surface area contributed by atoms with Crippen LogP contribution in [-0.4, -0.2) is 51.6 Å². The van der Waals surface area contributed by atoms with Crippen molar-refractivity contribution < 1.29 is 28.5 Å². The number of ether oxygens (including phenoxy) is 4. The Bertz CT molecular complexity index is 359. The van der Waals surface area contributed by atoms with E-state index in [0.717, 1.165) is 19.3 Å². The molecular weight excluding hydrogens is 360 g/mol. The fraction of sp³-hybridized carbons (Fsp3) is 0.909. The fourth-order valence-electron chi connectivity index (χ4n) is 2.68. The Morgan fingerprint density at radius 2 is 0.929 bits per heavy atom. The number of hydrogen-bond donors (Lipinski definition) is 0. The van der Waals surface area contributed by atoms with Gasteiger partial charge in [-0.05, 0) is 12.8 Å². The summed E-state index contributed by atoms with van der Waals surface area (Å²) in [5.41, 5.74) is 0. The summed E-state index contributed by atoms with van der Waals surface area (Å²) in [5, 5.41) is 0. The third-order valence-electron chi connectivity index (χ3n) is 4.29. The number of carbonyl (C=O) groups is 2. The van der Waals surface area contributed by atoms with Gasteiger partial charge in [0.05, 0.1) is 26.4 Å². The highest BCUT2D eigenvalue weighted by molar-refractivity contribution is 5.69. The highest BCUT2D eigenvalue weighted by Gasteiger charge is 2.03. The quantitative estimate of drug-likeness (QED) is 0.202. The fourth-order valence-corrected chi connectivity index (χ4v) is 2.68. The minimum Gasteiger partial charge on any atom is -0.463 e. The van der Waals surface area contributed by atoms with Gasteiger partial charge in [0, 0.05) is 12.8 Å². The molecule has 166 valence electrons. The first-order valence-electron chi connectivity index (χ1n) is 11.2. The number of unbranched alkanes of at least 4 members (excludes halogenated alkanes) is 8. The van der Waals surface area contributed by atoms with Crippen molar-refractivity contribution in [2.45, 2.75) is 90.9 Å². The lowest BCUT2D eigenvalue weighted by Crippen LogP contribution is -2.14. The van der Waals surface area contributed by atoms with Crippen LogP contribution in [0, 0.1) is 0 Å². The molecule has 0 spiro atoms. The van der Waals surface area contributed by atoms with Crippen molar-refractivity contribution >= 4 is 11.9 Å². The Kier molecular flexibility index (Phi) is 21.3. The van der Waals surface area contributed by atoms with Gasteiger partial charge in [0.25, 0.3) is 0 Å². The molecule has 0 saturated carbocycles. The molecule has 0 radical (unpaired) electrons. The molecule has 0 rings (SSSR count). The van der Waals surface area contributed by atoms with Crippen LogP contribution < -0.4 is 0 Å². The first-order chi connectivity index (χ1) is 13.7. The highest BCUT2D eigenvalue weighted by Crippen LogP contribution is 2.10. The molecule has 0 aliphatic carbocycles. The maximum absolute atomic E-state index is 11.6. The van der Waals surface area contributed by atoms with Crippen molar-refractivity contribution in [3.63, 3.8) is 0 Å². The van der Waals surface area contributed by atoms with Gasteiger partial charge in [0.2, 0.25) is 0 Å². The number of rotatable bonds is 21. The molecule has 0 aliphatic rings. The zero-order valence-electron chi connectivity index (χ0n) is 18.2. The zero-order chi connectivity index (χ0) is 20.7. The Morgan fingerprint density at radius 1 is 0.500 bits per heavy atom. The predicted octanol–water partition coefficient (Wildman–Crippen LogP) is 4.83. The summed E-state index contributed by atoms with van der Waals surface area (Å²) < 4.78 is 20.7. The van der Waals surface area contributed by atoms with E-state index < -0.39 is 0 Å². The highest BCUT2D eigenvalue weighted by atomic mass is 16.6. The molecule has 0 atom stereocenters. The number of esters is 2. The van der Waals surface area contributed by atoms with E-state index in [4.69, 9.17) is 18.9 Å². The number of carbonyl (C=O) groups excluding carboxylic acids is 2. The van der Waals surface area contributed by atoms with Crippen LogP contribution in [0.1, 0.15) is 90.9 Å². The van der Waals surface area contributed by atoms with Crippen LogP contribution in [0.15, 0.2) is 0 Å². The van der Waals surface area contributed by atoms with Gasteiger partial charge in [-0.15, -0.1) is 0 Å². The molecule has 0 fully saturated rings. The molecule has 0 bridgehead atoms. The molecule has 6 nitrogen and oxygen atoms in total. The molecule has 6 heteroatoms. The first-order valence-corrected chi connectivity index (χ1v) is 11.2. The van der Waals surface area contributed by atoms with E-state index in [0.29, 0.717) is 39.3 Å². The second-order valence-corrected chi connectivity index (χ2v) is 6.99. The summed E-state index contributed by atoms with van der Waals surface area (Å²) in [6.45, 7) is 6.32.